The average molecular weight is 459 g/mol. The molecule has 34 heavy (non-hydrogen) atoms. The summed E-state index contributed by atoms with van der Waals surface area (Å²) < 4.78 is 5.58. The first-order valence-electron chi connectivity index (χ1n) is 11.5. The van der Waals surface area contributed by atoms with Crippen molar-refractivity contribution in [3.05, 3.63) is 90.0 Å². The van der Waals surface area contributed by atoms with Crippen LogP contribution in [0.2, 0.25) is 0 Å². The molecule has 176 valence electrons. The first-order chi connectivity index (χ1) is 16.6. The number of hydrogen-bond acceptors (Lipinski definition) is 4. The van der Waals surface area contributed by atoms with E-state index in [2.05, 4.69) is 26.9 Å². The van der Waals surface area contributed by atoms with Crippen LogP contribution in [-0.2, 0) is 0 Å². The van der Waals surface area contributed by atoms with Gasteiger partial charge in [0.1, 0.15) is 5.75 Å². The van der Waals surface area contributed by atoms with E-state index in [0.717, 1.165) is 37.2 Å². The third kappa shape index (κ3) is 5.94. The third-order valence-electron chi connectivity index (χ3n) is 5.95. The number of benzene rings is 3. The van der Waals surface area contributed by atoms with Crippen LogP contribution in [-0.4, -0.2) is 43.6 Å². The number of rotatable bonds is 8. The normalized spacial score (nSPS) is 14.3. The lowest BCUT2D eigenvalue weighted by Gasteiger charge is -2.29. The maximum absolute atomic E-state index is 12.7. The number of likely N-dealkylation sites (tertiary alicyclic amines) is 1. The summed E-state index contributed by atoms with van der Waals surface area (Å²) in [6.45, 7) is 2.45. The summed E-state index contributed by atoms with van der Waals surface area (Å²) in [6, 6.07) is 23.8. The summed E-state index contributed by atoms with van der Waals surface area (Å²) in [5.41, 5.74) is 2.84. The molecule has 1 saturated heterocycles. The molecular weight excluding hydrogens is 428 g/mol. The van der Waals surface area contributed by atoms with Crippen molar-refractivity contribution in [3.63, 3.8) is 0 Å². The predicted molar refractivity (Wildman–Crippen MR) is 134 cm³/mol. The minimum absolute atomic E-state index is 0.0286. The molecule has 3 amide bonds. The van der Waals surface area contributed by atoms with Crippen LogP contribution in [0.15, 0.2) is 78.9 Å². The lowest BCUT2D eigenvalue weighted by molar-refractivity contribution is 0.102. The maximum Gasteiger partial charge on any atom is 0.319 e. The second-order valence-corrected chi connectivity index (χ2v) is 8.24. The van der Waals surface area contributed by atoms with Gasteiger partial charge in [0.15, 0.2) is 0 Å². The summed E-state index contributed by atoms with van der Waals surface area (Å²) >= 11 is 0. The molecule has 3 aromatic rings. The summed E-state index contributed by atoms with van der Waals surface area (Å²) in [7, 11) is 1.67. The van der Waals surface area contributed by atoms with Crippen LogP contribution in [0.3, 0.4) is 0 Å². The van der Waals surface area contributed by atoms with Gasteiger partial charge in [-0.3, -0.25) is 9.69 Å². The molecule has 3 aromatic carbocycles. The van der Waals surface area contributed by atoms with E-state index >= 15 is 0 Å². The number of para-hydroxylation sites is 1. The lowest BCUT2D eigenvalue weighted by atomic mass is 10.0. The van der Waals surface area contributed by atoms with Crippen molar-refractivity contribution in [2.75, 3.05) is 37.4 Å². The van der Waals surface area contributed by atoms with Crippen LogP contribution in [0.1, 0.15) is 34.8 Å². The molecule has 1 aliphatic rings. The van der Waals surface area contributed by atoms with Crippen LogP contribution in [0.5, 0.6) is 5.75 Å². The first kappa shape index (κ1) is 23.3. The van der Waals surface area contributed by atoms with Gasteiger partial charge >= 0.3 is 6.03 Å². The van der Waals surface area contributed by atoms with Crippen molar-refractivity contribution >= 4 is 23.3 Å². The minimum atomic E-state index is -0.300. The molecule has 4 rings (SSSR count). The average Bonchev–Trinajstić information content (AvgIpc) is 3.40. The van der Waals surface area contributed by atoms with Crippen LogP contribution >= 0.6 is 0 Å². The Balaban J connectivity index is 1.38. The van der Waals surface area contributed by atoms with Crippen LogP contribution in [0, 0.1) is 0 Å². The van der Waals surface area contributed by atoms with E-state index in [0.29, 0.717) is 23.5 Å². The van der Waals surface area contributed by atoms with E-state index in [4.69, 9.17) is 4.74 Å². The molecular formula is C27H30N4O3. The smallest absolute Gasteiger partial charge is 0.319 e. The van der Waals surface area contributed by atoms with Gasteiger partial charge in [-0.15, -0.1) is 0 Å². The summed E-state index contributed by atoms with van der Waals surface area (Å²) in [4.78, 5) is 27.5. The Morgan fingerprint density at radius 1 is 0.882 bits per heavy atom. The number of nitrogens with one attached hydrogen (secondary N) is 3. The highest BCUT2D eigenvalue weighted by Crippen LogP contribution is 2.31. The number of carbonyl (C=O) groups excluding carboxylic acids is 2. The van der Waals surface area contributed by atoms with Gasteiger partial charge in [-0.05, 0) is 62.3 Å². The predicted octanol–water partition coefficient (Wildman–Crippen LogP) is 4.91. The fourth-order valence-corrected chi connectivity index (χ4v) is 4.26. The third-order valence-corrected chi connectivity index (χ3v) is 5.95. The first-order valence-corrected chi connectivity index (χ1v) is 11.5. The molecule has 7 nitrogen and oxygen atoms in total. The van der Waals surface area contributed by atoms with E-state index in [1.54, 1.807) is 43.5 Å². The highest BCUT2D eigenvalue weighted by molar-refractivity contribution is 6.04. The van der Waals surface area contributed by atoms with Crippen molar-refractivity contribution in [3.8, 4) is 5.75 Å². The number of urea groups is 1. The van der Waals surface area contributed by atoms with Gasteiger partial charge < -0.3 is 20.7 Å². The van der Waals surface area contributed by atoms with Gasteiger partial charge in [0, 0.05) is 29.0 Å². The monoisotopic (exact) mass is 458 g/mol. The lowest BCUT2D eigenvalue weighted by Crippen LogP contribution is -2.38. The molecule has 0 spiro atoms. The second kappa shape index (κ2) is 11.3. The van der Waals surface area contributed by atoms with E-state index in [-0.39, 0.29) is 18.0 Å². The molecule has 0 aromatic heterocycles. The molecule has 0 saturated carbocycles. The van der Waals surface area contributed by atoms with Gasteiger partial charge in [0.2, 0.25) is 0 Å². The highest BCUT2D eigenvalue weighted by atomic mass is 16.5. The zero-order chi connectivity index (χ0) is 23.8. The zero-order valence-corrected chi connectivity index (χ0v) is 19.3. The summed E-state index contributed by atoms with van der Waals surface area (Å²) in [5.74, 6) is 0.621. The van der Waals surface area contributed by atoms with Crippen molar-refractivity contribution in [1.29, 1.82) is 0 Å². The molecule has 1 heterocycles. The topological polar surface area (TPSA) is 82.7 Å². The molecule has 1 unspecified atom stereocenters. The molecule has 0 radical (unpaired) electrons. The zero-order valence-electron chi connectivity index (χ0n) is 19.3. The van der Waals surface area contributed by atoms with Crippen molar-refractivity contribution in [2.24, 2.45) is 0 Å². The summed E-state index contributed by atoms with van der Waals surface area (Å²) in [6.07, 6.45) is 2.30. The van der Waals surface area contributed by atoms with Crippen molar-refractivity contribution in [1.82, 2.24) is 10.2 Å². The Hall–Kier alpha value is -3.84. The maximum atomic E-state index is 12.7. The highest BCUT2D eigenvalue weighted by Gasteiger charge is 2.26. The molecule has 1 fully saturated rings. The molecule has 1 atom stereocenters. The number of methoxy groups -OCH3 is 1. The summed E-state index contributed by atoms with van der Waals surface area (Å²) in [5, 5.41) is 8.74. The molecule has 7 heteroatoms. The second-order valence-electron chi connectivity index (χ2n) is 8.24. The molecule has 0 aliphatic carbocycles. The van der Waals surface area contributed by atoms with Crippen molar-refractivity contribution < 1.29 is 14.3 Å². The van der Waals surface area contributed by atoms with E-state index in [9.17, 15) is 9.59 Å². The Morgan fingerprint density at radius 2 is 1.56 bits per heavy atom. The molecule has 0 bridgehead atoms. The standard InChI is InChI=1S/C27H30N4O3/c1-34-25-15-6-5-14-23(25)24(31-16-7-8-17-31)19-28-27(33)30-22-13-9-12-21(18-22)29-26(32)20-10-3-2-4-11-20/h2-6,9-15,18,24H,7-8,16-17,19H2,1H3,(H,29,32)(H2,28,30,33). The minimum Gasteiger partial charge on any atom is -0.496 e. The number of hydrogen-bond donors (Lipinski definition) is 3. The van der Waals surface area contributed by atoms with E-state index in [1.807, 2.05) is 36.4 Å². The fourth-order valence-electron chi connectivity index (χ4n) is 4.26. The number of nitrogens with zero attached hydrogens (tertiary/aromatic N) is 1. The quantitative estimate of drug-likeness (QED) is 0.448. The molecule has 3 N–H and O–H groups in total. The van der Waals surface area contributed by atoms with E-state index in [1.165, 1.54) is 0 Å². The molecule has 1 aliphatic heterocycles. The van der Waals surface area contributed by atoms with Crippen LogP contribution in [0.4, 0.5) is 16.2 Å². The van der Waals surface area contributed by atoms with Crippen LogP contribution < -0.4 is 20.7 Å². The van der Waals surface area contributed by atoms with Gasteiger partial charge in [-0.1, -0.05) is 42.5 Å². The SMILES string of the molecule is COc1ccccc1C(CNC(=O)Nc1cccc(NC(=O)c2ccccc2)c1)N1CCCC1. The Kier molecular flexibility index (Phi) is 7.78. The van der Waals surface area contributed by atoms with Gasteiger partial charge in [-0.2, -0.15) is 0 Å². The number of ether oxygens (including phenoxy) is 1. The largest absolute Gasteiger partial charge is 0.496 e. The number of anilines is 2. The number of carbonyl (C=O) groups is 2. The van der Waals surface area contributed by atoms with E-state index < -0.39 is 0 Å². The Morgan fingerprint density at radius 3 is 2.29 bits per heavy atom. The van der Waals surface area contributed by atoms with Gasteiger partial charge in [0.25, 0.3) is 5.91 Å². The number of amides is 3. The van der Waals surface area contributed by atoms with Crippen molar-refractivity contribution in [2.45, 2.75) is 18.9 Å². The Labute approximate surface area is 200 Å². The van der Waals surface area contributed by atoms with Gasteiger partial charge in [0.05, 0.1) is 13.2 Å². The van der Waals surface area contributed by atoms with Gasteiger partial charge in [-0.25, -0.2) is 4.79 Å². The Bertz CT molecular complexity index is 1110. The van der Waals surface area contributed by atoms with Crippen LogP contribution in [0.25, 0.3) is 0 Å². The fraction of sp³-hybridized carbons (Fsp3) is 0.259.